The van der Waals surface area contributed by atoms with Gasteiger partial charge in [-0.25, -0.2) is 4.79 Å². The molecule has 2 amide bonds. The summed E-state index contributed by atoms with van der Waals surface area (Å²) in [4.78, 5) is 25.0. The highest BCUT2D eigenvalue weighted by Crippen LogP contribution is 2.51. The molecule has 0 bridgehead atoms. The van der Waals surface area contributed by atoms with Gasteiger partial charge in [-0.05, 0) is 49.9 Å². The highest BCUT2D eigenvalue weighted by atomic mass is 16.4. The largest absolute Gasteiger partial charge is 0.481 e. The first-order valence-electron chi connectivity index (χ1n) is 8.21. The molecule has 0 aromatic heterocycles. The molecule has 1 saturated heterocycles. The van der Waals surface area contributed by atoms with Crippen LogP contribution in [0.1, 0.15) is 58.8 Å². The lowest BCUT2D eigenvalue weighted by atomic mass is 9.92. The Morgan fingerprint density at radius 3 is 2.62 bits per heavy atom. The molecule has 5 heteroatoms. The number of nitrogens with one attached hydrogen (secondary N) is 1. The van der Waals surface area contributed by atoms with Crippen LogP contribution >= 0.6 is 0 Å². The Bertz CT molecular complexity index is 391. The molecule has 1 aliphatic heterocycles. The van der Waals surface area contributed by atoms with E-state index in [-0.39, 0.29) is 18.5 Å². The van der Waals surface area contributed by atoms with E-state index < -0.39 is 5.97 Å². The molecule has 21 heavy (non-hydrogen) atoms. The van der Waals surface area contributed by atoms with Gasteiger partial charge in [-0.15, -0.1) is 0 Å². The van der Waals surface area contributed by atoms with Crippen molar-refractivity contribution in [2.45, 2.75) is 64.8 Å². The molecule has 0 radical (unpaired) electrons. The van der Waals surface area contributed by atoms with Gasteiger partial charge in [0.15, 0.2) is 0 Å². The van der Waals surface area contributed by atoms with Crippen LogP contribution in [0.15, 0.2) is 0 Å². The lowest BCUT2D eigenvalue weighted by molar-refractivity contribution is -0.137. The second kappa shape index (κ2) is 6.67. The first-order chi connectivity index (χ1) is 9.94. The van der Waals surface area contributed by atoms with E-state index in [2.05, 4.69) is 19.2 Å². The van der Waals surface area contributed by atoms with Crippen molar-refractivity contribution in [2.24, 2.45) is 11.3 Å². The molecule has 0 spiro atoms. The number of carbonyl (C=O) groups excluding carboxylic acids is 1. The lowest BCUT2D eigenvalue weighted by Gasteiger charge is -2.36. The Balaban J connectivity index is 1.85. The number of hydrogen-bond acceptors (Lipinski definition) is 2. The molecule has 1 saturated carbocycles. The van der Waals surface area contributed by atoms with Gasteiger partial charge in [-0.1, -0.05) is 13.8 Å². The molecule has 1 unspecified atom stereocenters. The monoisotopic (exact) mass is 296 g/mol. The third-order valence-electron chi connectivity index (χ3n) is 5.29. The number of carbonyl (C=O) groups is 2. The van der Waals surface area contributed by atoms with Crippen molar-refractivity contribution >= 4 is 12.0 Å². The van der Waals surface area contributed by atoms with Crippen LogP contribution in [0.3, 0.4) is 0 Å². The van der Waals surface area contributed by atoms with Gasteiger partial charge in [0.25, 0.3) is 0 Å². The quantitative estimate of drug-likeness (QED) is 0.792. The van der Waals surface area contributed by atoms with Crippen LogP contribution in [-0.4, -0.2) is 41.1 Å². The maximum atomic E-state index is 12.4. The van der Waals surface area contributed by atoms with Crippen molar-refractivity contribution in [3.8, 4) is 0 Å². The molecule has 2 aliphatic rings. The van der Waals surface area contributed by atoms with E-state index in [1.807, 2.05) is 4.90 Å². The summed E-state index contributed by atoms with van der Waals surface area (Å²) in [5, 5.41) is 11.9. The van der Waals surface area contributed by atoms with E-state index in [4.69, 9.17) is 5.11 Å². The summed E-state index contributed by atoms with van der Waals surface area (Å²) in [7, 11) is 0. The van der Waals surface area contributed by atoms with Crippen LogP contribution < -0.4 is 5.32 Å². The summed E-state index contributed by atoms with van der Waals surface area (Å²) >= 11 is 0. The highest BCUT2D eigenvalue weighted by molar-refractivity contribution is 5.75. The number of amides is 2. The van der Waals surface area contributed by atoms with Crippen molar-refractivity contribution in [1.82, 2.24) is 10.2 Å². The van der Waals surface area contributed by atoms with Gasteiger partial charge < -0.3 is 15.3 Å². The lowest BCUT2D eigenvalue weighted by Crippen LogP contribution is -2.50. The van der Waals surface area contributed by atoms with Crippen LogP contribution in [0.2, 0.25) is 0 Å². The van der Waals surface area contributed by atoms with Crippen molar-refractivity contribution < 1.29 is 14.7 Å². The molecular formula is C16H28N2O3. The minimum absolute atomic E-state index is 0.00277. The number of piperidine rings is 1. The van der Waals surface area contributed by atoms with Gasteiger partial charge in [0.05, 0.1) is 0 Å². The van der Waals surface area contributed by atoms with Gasteiger partial charge in [0.1, 0.15) is 0 Å². The Hall–Kier alpha value is -1.26. The predicted octanol–water partition coefficient (Wildman–Crippen LogP) is 2.85. The zero-order valence-corrected chi connectivity index (χ0v) is 13.2. The van der Waals surface area contributed by atoms with E-state index in [0.717, 1.165) is 32.4 Å². The summed E-state index contributed by atoms with van der Waals surface area (Å²) in [6.45, 7) is 5.95. The zero-order valence-electron chi connectivity index (χ0n) is 13.2. The smallest absolute Gasteiger partial charge is 0.317 e. The maximum absolute atomic E-state index is 12.4. The third kappa shape index (κ3) is 4.11. The van der Waals surface area contributed by atoms with Crippen LogP contribution in [0.25, 0.3) is 0 Å². The molecule has 1 atom stereocenters. The number of carboxylic acids is 1. The van der Waals surface area contributed by atoms with Gasteiger partial charge in [-0.2, -0.15) is 0 Å². The molecule has 5 nitrogen and oxygen atoms in total. The number of carboxylic acid groups (broad SMARTS) is 1. The topological polar surface area (TPSA) is 69.6 Å². The number of nitrogens with zero attached hydrogens (tertiary/aromatic N) is 1. The summed E-state index contributed by atoms with van der Waals surface area (Å²) in [5.41, 5.74) is 0.308. The number of hydrogen-bond donors (Lipinski definition) is 2. The first-order valence-corrected chi connectivity index (χ1v) is 8.21. The van der Waals surface area contributed by atoms with Crippen LogP contribution in [-0.2, 0) is 4.79 Å². The van der Waals surface area contributed by atoms with Crippen molar-refractivity contribution in [1.29, 1.82) is 0 Å². The van der Waals surface area contributed by atoms with Crippen LogP contribution in [0.5, 0.6) is 0 Å². The summed E-state index contributed by atoms with van der Waals surface area (Å²) in [5.74, 6) is -0.181. The molecule has 1 aliphatic carbocycles. The van der Waals surface area contributed by atoms with Gasteiger partial charge in [0, 0.05) is 25.6 Å². The summed E-state index contributed by atoms with van der Waals surface area (Å²) in [6.07, 6.45) is 6.15. The highest BCUT2D eigenvalue weighted by Gasteiger charge is 2.45. The standard InChI is InChI=1S/C16H28N2O3/c1-12(2)16(8-9-16)11-17-15(21)18-10-4-3-5-13(18)6-7-14(19)20/h12-13H,3-11H2,1-2H3,(H,17,21)(H,19,20). The summed E-state index contributed by atoms with van der Waals surface area (Å²) in [6, 6.07) is 0.0843. The second-order valence-corrected chi connectivity index (χ2v) is 6.95. The average molecular weight is 296 g/mol. The molecular weight excluding hydrogens is 268 g/mol. The van der Waals surface area contributed by atoms with E-state index in [1.54, 1.807) is 0 Å². The maximum Gasteiger partial charge on any atom is 0.317 e. The Morgan fingerprint density at radius 2 is 2.05 bits per heavy atom. The Labute approximate surface area is 127 Å². The normalized spacial score (nSPS) is 24.0. The van der Waals surface area contributed by atoms with Gasteiger partial charge >= 0.3 is 12.0 Å². The number of rotatable bonds is 6. The number of aliphatic carboxylic acids is 1. The molecule has 1 heterocycles. The summed E-state index contributed by atoms with van der Waals surface area (Å²) < 4.78 is 0. The fraction of sp³-hybridized carbons (Fsp3) is 0.875. The van der Waals surface area contributed by atoms with E-state index in [0.29, 0.717) is 17.8 Å². The predicted molar refractivity (Wildman–Crippen MR) is 81.1 cm³/mol. The molecule has 120 valence electrons. The minimum atomic E-state index is -0.780. The third-order valence-corrected chi connectivity index (χ3v) is 5.29. The van der Waals surface area contributed by atoms with E-state index in [1.165, 1.54) is 12.8 Å². The average Bonchev–Trinajstić information content (AvgIpc) is 3.24. The molecule has 0 aromatic carbocycles. The molecule has 2 rings (SSSR count). The van der Waals surface area contributed by atoms with Crippen molar-refractivity contribution in [3.05, 3.63) is 0 Å². The van der Waals surface area contributed by atoms with Gasteiger partial charge in [0.2, 0.25) is 0 Å². The number of urea groups is 1. The molecule has 0 aromatic rings. The number of likely N-dealkylation sites (tertiary alicyclic amines) is 1. The molecule has 2 N–H and O–H groups in total. The van der Waals surface area contributed by atoms with Crippen LogP contribution in [0, 0.1) is 11.3 Å². The first kappa shape index (κ1) is 16.1. The Morgan fingerprint density at radius 1 is 1.33 bits per heavy atom. The zero-order chi connectivity index (χ0) is 15.5. The Kier molecular flexibility index (Phi) is 5.12. The SMILES string of the molecule is CC(C)C1(CNC(=O)N2CCCCC2CCC(=O)O)CC1. The molecule has 2 fully saturated rings. The van der Waals surface area contributed by atoms with E-state index in [9.17, 15) is 9.59 Å². The van der Waals surface area contributed by atoms with E-state index >= 15 is 0 Å². The second-order valence-electron chi connectivity index (χ2n) is 6.95. The fourth-order valence-electron chi connectivity index (χ4n) is 3.33. The van der Waals surface area contributed by atoms with Gasteiger partial charge in [-0.3, -0.25) is 4.79 Å². The fourth-order valence-corrected chi connectivity index (χ4v) is 3.33. The van der Waals surface area contributed by atoms with Crippen molar-refractivity contribution in [2.75, 3.05) is 13.1 Å². The minimum Gasteiger partial charge on any atom is -0.481 e. The van der Waals surface area contributed by atoms with Crippen molar-refractivity contribution in [3.63, 3.8) is 0 Å². The van der Waals surface area contributed by atoms with Crippen LogP contribution in [0.4, 0.5) is 4.79 Å².